The van der Waals surface area contributed by atoms with Crippen molar-refractivity contribution < 1.29 is 24.2 Å². The Morgan fingerprint density at radius 1 is 1.15 bits per heavy atom. The lowest BCUT2D eigenvalue weighted by atomic mass is 10.0. The SMILES string of the molecule is Cc1cn(COCC[Si](C)(C)C)c2nccc(Oc3cccc(CC(NC(=O)O)C(=O)N4CCN(C)CC4)c3)c12. The molecule has 2 aromatic heterocycles. The number of carbonyl (C=O) groups excluding carboxylic acids is 1. The Morgan fingerprint density at radius 3 is 2.60 bits per heavy atom. The molecule has 10 nitrogen and oxygen atoms in total. The molecule has 0 aliphatic carbocycles. The van der Waals surface area contributed by atoms with E-state index in [-0.39, 0.29) is 12.3 Å². The number of nitrogens with zero attached hydrogens (tertiary/aromatic N) is 4. The van der Waals surface area contributed by atoms with Crippen molar-refractivity contribution in [2.45, 2.75) is 51.8 Å². The maximum atomic E-state index is 13.2. The number of amides is 2. The van der Waals surface area contributed by atoms with Gasteiger partial charge in [-0.1, -0.05) is 31.8 Å². The molecule has 4 rings (SSSR count). The number of hydrogen-bond acceptors (Lipinski definition) is 6. The third-order valence-corrected chi connectivity index (χ3v) is 8.82. The highest BCUT2D eigenvalue weighted by Gasteiger charge is 2.28. The predicted octanol–water partition coefficient (Wildman–Crippen LogP) is 4.40. The number of aromatic nitrogens is 2. The van der Waals surface area contributed by atoms with Gasteiger partial charge in [-0.25, -0.2) is 9.78 Å². The number of hydrogen-bond donors (Lipinski definition) is 2. The Hall–Kier alpha value is -3.41. The lowest BCUT2D eigenvalue weighted by Gasteiger charge is -2.34. The fourth-order valence-corrected chi connectivity index (χ4v) is 5.56. The highest BCUT2D eigenvalue weighted by Crippen LogP contribution is 2.33. The summed E-state index contributed by atoms with van der Waals surface area (Å²) in [6.45, 7) is 12.9. The van der Waals surface area contributed by atoms with Crippen LogP contribution in [0.3, 0.4) is 0 Å². The number of ether oxygens (including phenoxy) is 2. The summed E-state index contributed by atoms with van der Waals surface area (Å²) in [5.41, 5.74) is 2.63. The lowest BCUT2D eigenvalue weighted by molar-refractivity contribution is -0.134. The number of pyridine rings is 1. The Kier molecular flexibility index (Phi) is 9.49. The number of rotatable bonds is 11. The zero-order chi connectivity index (χ0) is 28.9. The summed E-state index contributed by atoms with van der Waals surface area (Å²) in [5, 5.41) is 12.7. The Morgan fingerprint density at radius 2 is 1.90 bits per heavy atom. The largest absolute Gasteiger partial charge is 0.465 e. The third-order valence-electron chi connectivity index (χ3n) is 7.11. The van der Waals surface area contributed by atoms with E-state index in [1.165, 1.54) is 0 Å². The fraction of sp³-hybridized carbons (Fsp3) is 0.483. The minimum atomic E-state index is -1.22. The van der Waals surface area contributed by atoms with Crippen LogP contribution in [-0.2, 0) is 22.7 Å². The molecule has 216 valence electrons. The summed E-state index contributed by atoms with van der Waals surface area (Å²) in [4.78, 5) is 33.2. The summed E-state index contributed by atoms with van der Waals surface area (Å²) < 4.78 is 14.3. The van der Waals surface area contributed by atoms with Crippen LogP contribution in [0.5, 0.6) is 11.5 Å². The van der Waals surface area contributed by atoms with Gasteiger partial charge in [0.05, 0.1) is 5.39 Å². The number of benzene rings is 1. The van der Waals surface area contributed by atoms with Crippen LogP contribution in [0.15, 0.2) is 42.7 Å². The second-order valence-corrected chi connectivity index (χ2v) is 17.3. The van der Waals surface area contributed by atoms with Crippen LogP contribution < -0.4 is 10.1 Å². The molecule has 1 atom stereocenters. The maximum Gasteiger partial charge on any atom is 0.405 e. The summed E-state index contributed by atoms with van der Waals surface area (Å²) in [5.74, 6) is 1.07. The van der Waals surface area contributed by atoms with Crippen LogP contribution in [0.25, 0.3) is 11.0 Å². The van der Waals surface area contributed by atoms with Crippen LogP contribution in [-0.4, -0.2) is 90.4 Å². The number of likely N-dealkylation sites (N-methyl/N-ethyl adjacent to an activating group) is 1. The molecule has 1 saturated heterocycles. The molecule has 40 heavy (non-hydrogen) atoms. The Bertz CT molecular complexity index is 1330. The van der Waals surface area contributed by atoms with E-state index in [0.717, 1.165) is 47.9 Å². The van der Waals surface area contributed by atoms with E-state index in [1.807, 2.05) is 55.1 Å². The second kappa shape index (κ2) is 12.8. The van der Waals surface area contributed by atoms with E-state index in [2.05, 4.69) is 34.8 Å². The van der Waals surface area contributed by atoms with Crippen LogP contribution in [0.1, 0.15) is 11.1 Å². The van der Waals surface area contributed by atoms with E-state index in [4.69, 9.17) is 9.47 Å². The van der Waals surface area contributed by atoms with Crippen molar-refractivity contribution in [3.8, 4) is 11.5 Å². The minimum Gasteiger partial charge on any atom is -0.465 e. The highest BCUT2D eigenvalue weighted by atomic mass is 28.3. The van der Waals surface area contributed by atoms with Crippen LogP contribution in [0.4, 0.5) is 4.79 Å². The molecule has 1 unspecified atom stereocenters. The van der Waals surface area contributed by atoms with Gasteiger partial charge in [-0.15, -0.1) is 0 Å². The molecule has 1 aromatic carbocycles. The molecule has 1 aliphatic rings. The van der Waals surface area contributed by atoms with Crippen molar-refractivity contribution in [2.75, 3.05) is 39.8 Å². The Balaban J connectivity index is 1.48. The van der Waals surface area contributed by atoms with E-state index < -0.39 is 20.2 Å². The van der Waals surface area contributed by atoms with Crippen LogP contribution >= 0.6 is 0 Å². The van der Waals surface area contributed by atoms with Crippen molar-refractivity contribution in [1.29, 1.82) is 0 Å². The van der Waals surface area contributed by atoms with E-state index in [9.17, 15) is 14.7 Å². The zero-order valence-corrected chi connectivity index (χ0v) is 25.1. The first-order chi connectivity index (χ1) is 19.0. The molecule has 0 spiro atoms. The van der Waals surface area contributed by atoms with Crippen LogP contribution in [0, 0.1) is 6.92 Å². The number of carboxylic acid groups (broad SMARTS) is 1. The molecule has 11 heteroatoms. The molecule has 1 fully saturated rings. The molecular weight excluding hydrogens is 526 g/mol. The standard InChI is InChI=1S/C29H41N5O5Si/c1-21-19-34(20-38-15-16-40(3,4)5)27-26(21)25(9-10-30-27)39-23-8-6-7-22(17-23)18-24(31-29(36)37)28(35)33-13-11-32(2)12-14-33/h6-10,17,19,24,31H,11-16,18,20H2,1-5H3,(H,36,37). The molecule has 2 amide bonds. The van der Waals surface area contributed by atoms with E-state index in [1.54, 1.807) is 11.1 Å². The van der Waals surface area contributed by atoms with Gasteiger partial charge in [-0.2, -0.15) is 0 Å². The summed E-state index contributed by atoms with van der Waals surface area (Å²) in [6.07, 6.45) is 2.76. The van der Waals surface area contributed by atoms with Gasteiger partial charge >= 0.3 is 6.09 Å². The summed E-state index contributed by atoms with van der Waals surface area (Å²) in [6, 6.07) is 9.50. The summed E-state index contributed by atoms with van der Waals surface area (Å²) in [7, 11) is 0.847. The van der Waals surface area contributed by atoms with Crippen molar-refractivity contribution in [2.24, 2.45) is 0 Å². The van der Waals surface area contributed by atoms with Crippen molar-refractivity contribution in [3.63, 3.8) is 0 Å². The van der Waals surface area contributed by atoms with Gasteiger partial charge in [-0.05, 0) is 49.3 Å². The highest BCUT2D eigenvalue weighted by molar-refractivity contribution is 6.76. The average Bonchev–Trinajstić information content (AvgIpc) is 3.22. The molecule has 2 N–H and O–H groups in total. The van der Waals surface area contributed by atoms with Gasteiger partial charge in [-0.3, -0.25) is 4.79 Å². The quantitative estimate of drug-likeness (QED) is 0.261. The Labute approximate surface area is 236 Å². The first kappa shape index (κ1) is 29.6. The van der Waals surface area contributed by atoms with Gasteiger partial charge < -0.3 is 34.3 Å². The molecule has 0 radical (unpaired) electrons. The number of aryl methyl sites for hydroxylation is 1. The van der Waals surface area contributed by atoms with Crippen molar-refractivity contribution >= 4 is 31.1 Å². The smallest absolute Gasteiger partial charge is 0.405 e. The molecule has 1 aliphatic heterocycles. The molecule has 0 bridgehead atoms. The monoisotopic (exact) mass is 567 g/mol. The fourth-order valence-electron chi connectivity index (χ4n) is 4.80. The lowest BCUT2D eigenvalue weighted by Crippen LogP contribution is -2.54. The number of nitrogens with one attached hydrogen (secondary N) is 1. The molecule has 3 heterocycles. The van der Waals surface area contributed by atoms with E-state index >= 15 is 0 Å². The first-order valence-electron chi connectivity index (χ1n) is 13.8. The number of piperazine rings is 1. The topological polar surface area (TPSA) is 109 Å². The summed E-state index contributed by atoms with van der Waals surface area (Å²) >= 11 is 0. The second-order valence-electron chi connectivity index (χ2n) is 11.7. The number of fused-ring (bicyclic) bond motifs is 1. The average molecular weight is 568 g/mol. The van der Waals surface area contributed by atoms with Gasteiger partial charge in [0.15, 0.2) is 0 Å². The normalized spacial score (nSPS) is 15.3. The van der Waals surface area contributed by atoms with Crippen LogP contribution in [0.2, 0.25) is 25.7 Å². The van der Waals surface area contributed by atoms with Crippen molar-refractivity contribution in [3.05, 3.63) is 53.9 Å². The van der Waals surface area contributed by atoms with E-state index in [0.29, 0.717) is 31.3 Å². The zero-order valence-electron chi connectivity index (χ0n) is 24.1. The predicted molar refractivity (Wildman–Crippen MR) is 158 cm³/mol. The third kappa shape index (κ3) is 7.83. The first-order valence-corrected chi connectivity index (χ1v) is 17.5. The van der Waals surface area contributed by atoms with Gasteiger partial charge in [0.2, 0.25) is 5.91 Å². The maximum absolute atomic E-state index is 13.2. The van der Waals surface area contributed by atoms with Crippen molar-refractivity contribution in [1.82, 2.24) is 24.7 Å². The minimum absolute atomic E-state index is 0.207. The van der Waals surface area contributed by atoms with Gasteiger partial charge in [0.1, 0.15) is 29.9 Å². The molecule has 3 aromatic rings. The van der Waals surface area contributed by atoms with Gasteiger partial charge in [0, 0.05) is 59.7 Å². The molecular formula is C29H41N5O5Si. The number of carbonyl (C=O) groups is 2. The molecule has 0 saturated carbocycles. The van der Waals surface area contributed by atoms with Gasteiger partial charge in [0.25, 0.3) is 0 Å².